The zero-order valence-corrected chi connectivity index (χ0v) is 12.7. The van der Waals surface area contributed by atoms with Gasteiger partial charge in [0, 0.05) is 24.6 Å². The van der Waals surface area contributed by atoms with E-state index in [4.69, 9.17) is 19.8 Å². The summed E-state index contributed by atoms with van der Waals surface area (Å²) in [6, 6.07) is 13.3. The maximum atomic E-state index is 11.6. The van der Waals surface area contributed by atoms with Gasteiger partial charge in [0.1, 0.15) is 0 Å². The fourth-order valence-electron chi connectivity index (χ4n) is 1.55. The number of nitrogens with one attached hydrogen (secondary N) is 2. The fraction of sp³-hybridized carbons (Fsp3) is 0.125. The average Bonchev–Trinajstić information content (AvgIpc) is 2.57. The maximum Gasteiger partial charge on any atom is 0.414 e. The van der Waals surface area contributed by atoms with E-state index in [1.807, 2.05) is 42.5 Å². The van der Waals surface area contributed by atoms with Crippen LogP contribution in [0.2, 0.25) is 0 Å². The van der Waals surface area contributed by atoms with Gasteiger partial charge in [-0.2, -0.15) is 0 Å². The molecule has 1 amide bonds. The van der Waals surface area contributed by atoms with Gasteiger partial charge in [0.2, 0.25) is 5.91 Å². The van der Waals surface area contributed by atoms with E-state index in [0.717, 1.165) is 11.3 Å². The molecule has 0 aliphatic rings. The number of hydrogen-bond acceptors (Lipinski definition) is 5. The smallest absolute Gasteiger partial charge is 0.414 e. The molecule has 1 aromatic carbocycles. The van der Waals surface area contributed by atoms with E-state index >= 15 is 0 Å². The van der Waals surface area contributed by atoms with Crippen molar-refractivity contribution in [2.45, 2.75) is 6.54 Å². The molecule has 8 heteroatoms. The van der Waals surface area contributed by atoms with Crippen LogP contribution in [-0.2, 0) is 20.9 Å². The molecule has 0 bridgehead atoms. The average molecular weight is 331 g/mol. The number of para-hydroxylation sites is 1. The molecule has 0 fully saturated rings. The summed E-state index contributed by atoms with van der Waals surface area (Å²) in [7, 11) is 0. The van der Waals surface area contributed by atoms with Crippen LogP contribution in [0.3, 0.4) is 0 Å². The zero-order chi connectivity index (χ0) is 17.8. The van der Waals surface area contributed by atoms with Crippen molar-refractivity contribution in [3.63, 3.8) is 0 Å². The van der Waals surface area contributed by atoms with Crippen LogP contribution < -0.4 is 10.6 Å². The summed E-state index contributed by atoms with van der Waals surface area (Å²) in [6.45, 7) is 0.917. The molecule has 0 aliphatic heterocycles. The van der Waals surface area contributed by atoms with Gasteiger partial charge in [-0.1, -0.05) is 24.3 Å². The number of rotatable bonds is 5. The van der Waals surface area contributed by atoms with Crippen molar-refractivity contribution >= 4 is 23.5 Å². The second kappa shape index (κ2) is 10.5. The third-order valence-corrected chi connectivity index (χ3v) is 2.58. The minimum Gasteiger partial charge on any atom is -0.473 e. The quantitative estimate of drug-likeness (QED) is 0.601. The SMILES string of the molecule is O=C(CNCc1cccnc1)Nc1ccccc1.O=C(O)C(=O)O. The second-order valence-corrected chi connectivity index (χ2v) is 4.49. The van der Waals surface area contributed by atoms with E-state index in [0.29, 0.717) is 6.54 Å². The van der Waals surface area contributed by atoms with Crippen molar-refractivity contribution in [3.8, 4) is 0 Å². The Kier molecular flexibility index (Phi) is 8.19. The molecule has 0 saturated carbocycles. The minimum atomic E-state index is -1.82. The first-order valence-corrected chi connectivity index (χ1v) is 6.89. The predicted molar refractivity (Wildman–Crippen MR) is 86.3 cm³/mol. The van der Waals surface area contributed by atoms with Crippen molar-refractivity contribution < 1.29 is 24.6 Å². The Labute approximate surface area is 138 Å². The van der Waals surface area contributed by atoms with Gasteiger partial charge in [-0.05, 0) is 23.8 Å². The Morgan fingerprint density at radius 1 is 0.958 bits per heavy atom. The van der Waals surface area contributed by atoms with E-state index in [1.165, 1.54) is 0 Å². The fourth-order valence-corrected chi connectivity index (χ4v) is 1.55. The van der Waals surface area contributed by atoms with E-state index in [9.17, 15) is 4.79 Å². The van der Waals surface area contributed by atoms with E-state index < -0.39 is 11.9 Å². The second-order valence-electron chi connectivity index (χ2n) is 4.49. The minimum absolute atomic E-state index is 0.0508. The van der Waals surface area contributed by atoms with Crippen LogP contribution in [0.15, 0.2) is 54.9 Å². The van der Waals surface area contributed by atoms with Gasteiger partial charge < -0.3 is 20.8 Å². The number of aliphatic carboxylic acids is 2. The first-order chi connectivity index (χ1) is 11.5. The van der Waals surface area contributed by atoms with Crippen molar-refractivity contribution in [1.82, 2.24) is 10.3 Å². The summed E-state index contributed by atoms with van der Waals surface area (Å²) in [5, 5.41) is 20.7. The topological polar surface area (TPSA) is 129 Å². The lowest BCUT2D eigenvalue weighted by atomic mass is 10.3. The standard InChI is InChI=1S/C14H15N3O.C2H2O4/c18-14(17-13-6-2-1-3-7-13)11-16-10-12-5-4-8-15-9-12;3-1(4)2(5)6/h1-9,16H,10-11H2,(H,17,18);(H,3,4)(H,5,6). The Morgan fingerprint density at radius 3 is 2.17 bits per heavy atom. The third-order valence-electron chi connectivity index (χ3n) is 2.58. The first kappa shape index (κ1) is 18.8. The number of anilines is 1. The van der Waals surface area contributed by atoms with E-state index in [1.54, 1.807) is 12.4 Å². The summed E-state index contributed by atoms with van der Waals surface area (Å²) in [5.74, 6) is -3.70. The number of amides is 1. The summed E-state index contributed by atoms with van der Waals surface area (Å²) >= 11 is 0. The molecular formula is C16H17N3O5. The highest BCUT2D eigenvalue weighted by atomic mass is 16.4. The Hall–Kier alpha value is -3.26. The lowest BCUT2D eigenvalue weighted by molar-refractivity contribution is -0.159. The molecule has 0 spiro atoms. The number of nitrogens with zero attached hydrogens (tertiary/aromatic N) is 1. The number of carboxylic acid groups (broad SMARTS) is 2. The van der Waals surface area contributed by atoms with Gasteiger partial charge in [0.25, 0.3) is 0 Å². The van der Waals surface area contributed by atoms with Crippen LogP contribution in [-0.4, -0.2) is 39.6 Å². The van der Waals surface area contributed by atoms with Gasteiger partial charge in [-0.25, -0.2) is 9.59 Å². The summed E-state index contributed by atoms with van der Waals surface area (Å²) in [5.41, 5.74) is 1.87. The van der Waals surface area contributed by atoms with Crippen LogP contribution >= 0.6 is 0 Å². The highest BCUT2D eigenvalue weighted by molar-refractivity contribution is 6.27. The number of aromatic nitrogens is 1. The van der Waals surface area contributed by atoms with Gasteiger partial charge in [0.15, 0.2) is 0 Å². The molecule has 1 heterocycles. The van der Waals surface area contributed by atoms with Crippen LogP contribution in [0.5, 0.6) is 0 Å². The number of carbonyl (C=O) groups is 3. The molecule has 0 saturated heterocycles. The number of carbonyl (C=O) groups excluding carboxylic acids is 1. The number of hydrogen-bond donors (Lipinski definition) is 4. The lowest BCUT2D eigenvalue weighted by Gasteiger charge is -2.06. The molecule has 0 aliphatic carbocycles. The Bertz CT molecular complexity index is 650. The molecule has 8 nitrogen and oxygen atoms in total. The van der Waals surface area contributed by atoms with Crippen LogP contribution in [0, 0.1) is 0 Å². The lowest BCUT2D eigenvalue weighted by Crippen LogP contribution is -2.27. The summed E-state index contributed by atoms with van der Waals surface area (Å²) in [4.78, 5) is 33.8. The number of pyridine rings is 1. The van der Waals surface area contributed by atoms with Gasteiger partial charge in [-0.15, -0.1) is 0 Å². The number of benzene rings is 1. The molecule has 0 unspecified atom stereocenters. The van der Waals surface area contributed by atoms with Crippen molar-refractivity contribution in [1.29, 1.82) is 0 Å². The summed E-state index contributed by atoms with van der Waals surface area (Å²) in [6.07, 6.45) is 3.51. The van der Waals surface area contributed by atoms with Gasteiger partial charge >= 0.3 is 11.9 Å². The molecular weight excluding hydrogens is 314 g/mol. The molecule has 2 rings (SSSR count). The van der Waals surface area contributed by atoms with Gasteiger partial charge in [0.05, 0.1) is 6.54 Å². The molecule has 4 N–H and O–H groups in total. The van der Waals surface area contributed by atoms with Gasteiger partial charge in [-0.3, -0.25) is 9.78 Å². The Balaban J connectivity index is 0.000000413. The van der Waals surface area contributed by atoms with Crippen LogP contribution in [0.25, 0.3) is 0 Å². The van der Waals surface area contributed by atoms with Crippen LogP contribution in [0.1, 0.15) is 5.56 Å². The molecule has 24 heavy (non-hydrogen) atoms. The number of carboxylic acids is 2. The van der Waals surface area contributed by atoms with Crippen molar-refractivity contribution in [2.75, 3.05) is 11.9 Å². The highest BCUT2D eigenvalue weighted by Crippen LogP contribution is 2.04. The zero-order valence-electron chi connectivity index (χ0n) is 12.7. The van der Waals surface area contributed by atoms with Crippen molar-refractivity contribution in [2.24, 2.45) is 0 Å². The van der Waals surface area contributed by atoms with E-state index in [2.05, 4.69) is 15.6 Å². The first-order valence-electron chi connectivity index (χ1n) is 6.89. The molecule has 0 atom stereocenters. The van der Waals surface area contributed by atoms with E-state index in [-0.39, 0.29) is 12.5 Å². The molecule has 1 aromatic heterocycles. The molecule has 126 valence electrons. The largest absolute Gasteiger partial charge is 0.473 e. The monoisotopic (exact) mass is 331 g/mol. The predicted octanol–water partition coefficient (Wildman–Crippen LogP) is 0.965. The third kappa shape index (κ3) is 8.25. The van der Waals surface area contributed by atoms with Crippen molar-refractivity contribution in [3.05, 3.63) is 60.4 Å². The maximum absolute atomic E-state index is 11.6. The molecule has 2 aromatic rings. The normalized spacial score (nSPS) is 9.33. The molecule has 0 radical (unpaired) electrons. The van der Waals surface area contributed by atoms with Crippen LogP contribution in [0.4, 0.5) is 5.69 Å². The Morgan fingerprint density at radius 2 is 1.62 bits per heavy atom. The highest BCUT2D eigenvalue weighted by Gasteiger charge is 2.04. The summed E-state index contributed by atoms with van der Waals surface area (Å²) < 4.78 is 0.